The van der Waals surface area contributed by atoms with Crippen molar-refractivity contribution in [1.82, 2.24) is 10.1 Å². The van der Waals surface area contributed by atoms with Crippen LogP contribution in [0, 0.1) is 6.92 Å². The summed E-state index contributed by atoms with van der Waals surface area (Å²) in [6, 6.07) is 13.0. The van der Waals surface area contributed by atoms with Gasteiger partial charge in [0.05, 0.1) is 6.04 Å². The number of phenols is 1. The van der Waals surface area contributed by atoms with Crippen molar-refractivity contribution in [1.29, 1.82) is 0 Å². The molecule has 124 valence electrons. The van der Waals surface area contributed by atoms with Crippen LogP contribution in [0.2, 0.25) is 0 Å². The van der Waals surface area contributed by atoms with Gasteiger partial charge in [0.15, 0.2) is 18.2 Å². The zero-order valence-electron chi connectivity index (χ0n) is 13.6. The quantitative estimate of drug-likeness (QED) is 0.599. The van der Waals surface area contributed by atoms with E-state index in [9.17, 15) is 5.11 Å². The van der Waals surface area contributed by atoms with Crippen molar-refractivity contribution in [2.75, 3.05) is 5.32 Å². The van der Waals surface area contributed by atoms with Gasteiger partial charge in [-0.3, -0.25) is 4.98 Å². The van der Waals surface area contributed by atoms with Crippen molar-refractivity contribution in [2.45, 2.75) is 13.0 Å². The summed E-state index contributed by atoms with van der Waals surface area (Å²) in [6.45, 7) is 1.83. The maximum absolute atomic E-state index is 10.8. The van der Waals surface area contributed by atoms with Crippen molar-refractivity contribution < 1.29 is 14.6 Å². The summed E-state index contributed by atoms with van der Waals surface area (Å²) < 4.78 is 5.14. The van der Waals surface area contributed by atoms with Crippen molar-refractivity contribution in [2.24, 2.45) is 0 Å². The van der Waals surface area contributed by atoms with E-state index in [-0.39, 0.29) is 11.8 Å². The van der Waals surface area contributed by atoms with E-state index in [1.807, 2.05) is 61.8 Å². The Labute approximate surface area is 144 Å². The molecule has 0 fully saturated rings. The molecule has 0 saturated heterocycles. The SMILES string of the molecule is Cc1cc(NC(c2ccc[nH+]c2)c2ccc3cccnc3c2O)no1. The average molecular weight is 333 g/mol. The highest BCUT2D eigenvalue weighted by Crippen LogP contribution is 2.35. The van der Waals surface area contributed by atoms with Crippen LogP contribution in [0.1, 0.15) is 22.9 Å². The number of fused-ring (bicyclic) bond motifs is 1. The van der Waals surface area contributed by atoms with Gasteiger partial charge in [0.1, 0.15) is 17.0 Å². The van der Waals surface area contributed by atoms with Crippen molar-refractivity contribution in [3.63, 3.8) is 0 Å². The van der Waals surface area contributed by atoms with Crippen LogP contribution in [-0.4, -0.2) is 15.2 Å². The molecule has 0 bridgehead atoms. The third-order valence-electron chi connectivity index (χ3n) is 4.07. The number of aromatic amines is 1. The van der Waals surface area contributed by atoms with E-state index in [0.717, 1.165) is 10.9 Å². The number of hydrogen-bond donors (Lipinski definition) is 2. The molecule has 4 rings (SSSR count). The van der Waals surface area contributed by atoms with Gasteiger partial charge in [-0.15, -0.1) is 0 Å². The number of pyridine rings is 2. The fraction of sp³-hybridized carbons (Fsp3) is 0.105. The second-order valence-electron chi connectivity index (χ2n) is 5.82. The largest absolute Gasteiger partial charge is 0.505 e. The first-order valence-electron chi connectivity index (χ1n) is 7.95. The van der Waals surface area contributed by atoms with Gasteiger partial charge in [0.25, 0.3) is 0 Å². The Morgan fingerprint density at radius 3 is 2.88 bits per heavy atom. The van der Waals surface area contributed by atoms with Gasteiger partial charge >= 0.3 is 0 Å². The Balaban J connectivity index is 1.84. The maximum Gasteiger partial charge on any atom is 0.172 e. The highest BCUT2D eigenvalue weighted by molar-refractivity contribution is 5.85. The molecule has 0 amide bonds. The summed E-state index contributed by atoms with van der Waals surface area (Å²) in [7, 11) is 0. The number of phenolic OH excluding ortho intramolecular Hbond substituents is 1. The van der Waals surface area contributed by atoms with Crippen LogP contribution in [0.25, 0.3) is 10.9 Å². The summed E-state index contributed by atoms with van der Waals surface area (Å²) in [5, 5.41) is 19.0. The van der Waals surface area contributed by atoms with Crippen LogP contribution >= 0.6 is 0 Å². The number of nitrogens with zero attached hydrogens (tertiary/aromatic N) is 2. The van der Waals surface area contributed by atoms with Crippen LogP contribution in [-0.2, 0) is 0 Å². The van der Waals surface area contributed by atoms with Gasteiger partial charge < -0.3 is 14.9 Å². The van der Waals surface area contributed by atoms with Crippen LogP contribution in [0.4, 0.5) is 5.82 Å². The smallest absolute Gasteiger partial charge is 0.172 e. The molecule has 4 aromatic rings. The molecule has 3 aromatic heterocycles. The van der Waals surface area contributed by atoms with Gasteiger partial charge in [-0.2, -0.15) is 0 Å². The van der Waals surface area contributed by atoms with Gasteiger partial charge in [0.2, 0.25) is 0 Å². The van der Waals surface area contributed by atoms with Gasteiger partial charge in [0, 0.05) is 34.8 Å². The monoisotopic (exact) mass is 333 g/mol. The number of H-pyrrole nitrogens is 1. The van der Waals surface area contributed by atoms with Gasteiger partial charge in [-0.1, -0.05) is 23.4 Å². The average Bonchev–Trinajstić information content (AvgIpc) is 3.06. The molecule has 6 nitrogen and oxygen atoms in total. The van der Waals surface area contributed by atoms with Gasteiger partial charge in [-0.05, 0) is 19.1 Å². The Morgan fingerprint density at radius 1 is 1.20 bits per heavy atom. The lowest BCUT2D eigenvalue weighted by molar-refractivity contribution is -0.378. The lowest BCUT2D eigenvalue weighted by Gasteiger charge is -2.19. The normalized spacial score (nSPS) is 12.2. The molecule has 0 saturated carbocycles. The van der Waals surface area contributed by atoms with E-state index >= 15 is 0 Å². The van der Waals surface area contributed by atoms with Crippen molar-refractivity contribution in [3.8, 4) is 5.75 Å². The number of rotatable bonds is 4. The summed E-state index contributed by atoms with van der Waals surface area (Å²) in [5.41, 5.74) is 2.24. The number of aromatic nitrogens is 3. The molecule has 0 aliphatic rings. The zero-order valence-corrected chi connectivity index (χ0v) is 13.6. The highest BCUT2D eigenvalue weighted by atomic mass is 16.5. The first kappa shape index (κ1) is 15.1. The summed E-state index contributed by atoms with van der Waals surface area (Å²) in [5.74, 6) is 1.47. The predicted octanol–water partition coefficient (Wildman–Crippen LogP) is 3.25. The lowest BCUT2D eigenvalue weighted by Crippen LogP contribution is -2.15. The van der Waals surface area contributed by atoms with Gasteiger partial charge in [-0.25, -0.2) is 4.98 Å². The molecular formula is C19H17N4O2+. The predicted molar refractivity (Wildman–Crippen MR) is 93.1 cm³/mol. The first-order chi connectivity index (χ1) is 12.2. The Bertz CT molecular complexity index is 1010. The molecule has 1 atom stereocenters. The minimum Gasteiger partial charge on any atom is -0.505 e. The Morgan fingerprint density at radius 2 is 2.12 bits per heavy atom. The second-order valence-corrected chi connectivity index (χ2v) is 5.82. The Kier molecular flexibility index (Phi) is 3.78. The molecule has 0 radical (unpaired) electrons. The maximum atomic E-state index is 10.8. The van der Waals surface area contributed by atoms with E-state index in [4.69, 9.17) is 4.52 Å². The molecule has 6 heteroatoms. The first-order valence-corrected chi connectivity index (χ1v) is 7.95. The number of hydrogen-bond acceptors (Lipinski definition) is 5. The molecule has 3 heterocycles. The van der Waals surface area contributed by atoms with E-state index in [2.05, 4.69) is 20.4 Å². The number of anilines is 1. The van der Waals surface area contributed by atoms with E-state index in [0.29, 0.717) is 22.7 Å². The molecule has 25 heavy (non-hydrogen) atoms. The van der Waals surface area contributed by atoms with E-state index in [1.165, 1.54) is 0 Å². The third kappa shape index (κ3) is 2.89. The molecule has 0 aliphatic heterocycles. The third-order valence-corrected chi connectivity index (χ3v) is 4.07. The van der Waals surface area contributed by atoms with E-state index in [1.54, 1.807) is 6.20 Å². The minimum atomic E-state index is -0.312. The number of aryl methyl sites for hydroxylation is 1. The molecule has 0 spiro atoms. The minimum absolute atomic E-state index is 0.152. The van der Waals surface area contributed by atoms with Crippen molar-refractivity contribution in [3.05, 3.63) is 77.9 Å². The summed E-state index contributed by atoms with van der Waals surface area (Å²) in [4.78, 5) is 7.39. The molecular weight excluding hydrogens is 316 g/mol. The van der Waals surface area contributed by atoms with E-state index < -0.39 is 0 Å². The summed E-state index contributed by atoms with van der Waals surface area (Å²) in [6.07, 6.45) is 5.39. The van der Waals surface area contributed by atoms with Crippen LogP contribution in [0.3, 0.4) is 0 Å². The molecule has 1 unspecified atom stereocenters. The second kappa shape index (κ2) is 6.24. The van der Waals surface area contributed by atoms with Crippen LogP contribution in [0.15, 0.2) is 65.6 Å². The summed E-state index contributed by atoms with van der Waals surface area (Å²) >= 11 is 0. The molecule has 3 N–H and O–H groups in total. The highest BCUT2D eigenvalue weighted by Gasteiger charge is 2.22. The fourth-order valence-electron chi connectivity index (χ4n) is 2.89. The number of aromatic hydroxyl groups is 1. The van der Waals surface area contributed by atoms with Crippen molar-refractivity contribution >= 4 is 16.7 Å². The molecule has 0 aliphatic carbocycles. The van der Waals surface area contributed by atoms with Crippen LogP contribution < -0.4 is 10.3 Å². The Hall–Kier alpha value is -3.41. The standard InChI is InChI=1S/C19H16N4O2/c1-12-10-16(23-25-12)22-17(14-5-2-8-20-11-14)15-7-6-13-4-3-9-21-18(13)19(15)24/h2-11,17,24H,1H3,(H,22,23)/p+1. The van der Waals surface area contributed by atoms with Crippen LogP contribution in [0.5, 0.6) is 5.75 Å². The molecule has 1 aromatic carbocycles. The lowest BCUT2D eigenvalue weighted by atomic mass is 9.97. The number of benzene rings is 1. The topological polar surface area (TPSA) is 85.3 Å². The number of nitrogens with one attached hydrogen (secondary N) is 2. The zero-order chi connectivity index (χ0) is 17.2. The fourth-order valence-corrected chi connectivity index (χ4v) is 2.89.